The Kier molecular flexibility index (Phi) is 6.74. The Hall–Kier alpha value is -2.41. The van der Waals surface area contributed by atoms with Crippen LogP contribution in [-0.4, -0.2) is 48.4 Å². The lowest BCUT2D eigenvalue weighted by atomic mass is 10.0. The van der Waals surface area contributed by atoms with Crippen LogP contribution >= 0.6 is 0 Å². The lowest BCUT2D eigenvalue weighted by molar-refractivity contribution is -0.123. The van der Waals surface area contributed by atoms with Crippen LogP contribution in [0.2, 0.25) is 0 Å². The zero-order valence-electron chi connectivity index (χ0n) is 13.7. The predicted octanol–water partition coefficient (Wildman–Crippen LogP) is 0.395. The number of primary amides is 1. The Morgan fingerprint density at radius 2 is 1.75 bits per heavy atom. The number of aryl methyl sites for hydroxylation is 1. The molecule has 0 atom stereocenters. The molecule has 1 saturated heterocycles. The molecule has 1 aromatic carbocycles. The van der Waals surface area contributed by atoms with Crippen LogP contribution in [0.1, 0.15) is 24.8 Å². The fourth-order valence-electron chi connectivity index (χ4n) is 2.82. The van der Waals surface area contributed by atoms with Crippen molar-refractivity contribution in [3.63, 3.8) is 0 Å². The zero-order valence-corrected chi connectivity index (χ0v) is 13.7. The van der Waals surface area contributed by atoms with Gasteiger partial charge in [0.1, 0.15) is 0 Å². The topological polar surface area (TPSA) is 105 Å². The van der Waals surface area contributed by atoms with E-state index >= 15 is 0 Å². The second-order valence-corrected chi connectivity index (χ2v) is 6.02. The fraction of sp³-hybridized carbons (Fsp3) is 0.471. The van der Waals surface area contributed by atoms with Gasteiger partial charge in [-0.2, -0.15) is 0 Å². The number of urea groups is 1. The van der Waals surface area contributed by atoms with E-state index in [2.05, 4.69) is 10.6 Å². The third-order valence-electron chi connectivity index (χ3n) is 4.07. The van der Waals surface area contributed by atoms with Gasteiger partial charge in [-0.25, -0.2) is 4.79 Å². The Balaban J connectivity index is 1.64. The number of benzene rings is 1. The highest BCUT2D eigenvalue weighted by atomic mass is 16.2. The summed E-state index contributed by atoms with van der Waals surface area (Å²) >= 11 is 0. The van der Waals surface area contributed by atoms with Gasteiger partial charge < -0.3 is 11.1 Å². The van der Waals surface area contributed by atoms with Gasteiger partial charge >= 0.3 is 6.03 Å². The number of piperidine rings is 1. The van der Waals surface area contributed by atoms with Gasteiger partial charge in [0.2, 0.25) is 11.8 Å². The molecule has 1 aromatic rings. The number of carbonyl (C=O) groups excluding carboxylic acids is 3. The lowest BCUT2D eigenvalue weighted by Gasteiger charge is -2.31. The number of likely N-dealkylation sites (tertiary alicyclic amines) is 1. The summed E-state index contributed by atoms with van der Waals surface area (Å²) in [5, 5.41) is 5.11. The van der Waals surface area contributed by atoms with Crippen LogP contribution in [0.3, 0.4) is 0 Å². The molecule has 0 radical (unpaired) electrons. The number of nitrogens with one attached hydrogen (secondary N) is 2. The summed E-state index contributed by atoms with van der Waals surface area (Å²) in [7, 11) is 0. The number of imide groups is 1. The summed E-state index contributed by atoms with van der Waals surface area (Å²) in [6.07, 6.45) is 2.80. The third kappa shape index (κ3) is 6.37. The molecule has 0 aliphatic carbocycles. The van der Waals surface area contributed by atoms with E-state index in [-0.39, 0.29) is 18.5 Å². The number of carbonyl (C=O) groups is 3. The minimum Gasteiger partial charge on any atom is -0.353 e. The van der Waals surface area contributed by atoms with Crippen LogP contribution in [0.15, 0.2) is 30.3 Å². The molecule has 0 unspecified atom stereocenters. The first kappa shape index (κ1) is 17.9. The number of amides is 4. The highest BCUT2D eigenvalue weighted by Crippen LogP contribution is 2.10. The van der Waals surface area contributed by atoms with E-state index in [0.717, 1.165) is 24.8 Å². The Morgan fingerprint density at radius 3 is 2.38 bits per heavy atom. The van der Waals surface area contributed by atoms with Crippen LogP contribution in [0.25, 0.3) is 0 Å². The van der Waals surface area contributed by atoms with Gasteiger partial charge in [-0.05, 0) is 24.8 Å². The summed E-state index contributed by atoms with van der Waals surface area (Å²) in [5.74, 6) is -0.336. The van der Waals surface area contributed by atoms with Crippen molar-refractivity contribution in [2.24, 2.45) is 5.73 Å². The highest BCUT2D eigenvalue weighted by molar-refractivity contribution is 5.94. The molecule has 7 nitrogen and oxygen atoms in total. The van der Waals surface area contributed by atoms with Crippen molar-refractivity contribution in [3.05, 3.63) is 35.9 Å². The van der Waals surface area contributed by atoms with E-state index in [0.29, 0.717) is 19.5 Å². The van der Waals surface area contributed by atoms with Gasteiger partial charge in [-0.1, -0.05) is 30.3 Å². The molecule has 4 amide bonds. The fourth-order valence-corrected chi connectivity index (χ4v) is 2.82. The second kappa shape index (κ2) is 9.02. The maximum absolute atomic E-state index is 12.0. The van der Waals surface area contributed by atoms with Crippen LogP contribution in [0.5, 0.6) is 0 Å². The minimum absolute atomic E-state index is 0.0591. The molecule has 24 heavy (non-hydrogen) atoms. The minimum atomic E-state index is -0.833. The molecule has 2 rings (SSSR count). The van der Waals surface area contributed by atoms with Crippen LogP contribution in [0.4, 0.5) is 4.79 Å². The van der Waals surface area contributed by atoms with Gasteiger partial charge in [0.15, 0.2) is 0 Å². The molecule has 1 aliphatic rings. The molecule has 4 N–H and O–H groups in total. The van der Waals surface area contributed by atoms with Crippen molar-refractivity contribution in [2.45, 2.75) is 31.7 Å². The molecule has 0 aromatic heterocycles. The molecule has 1 heterocycles. The Labute approximate surface area is 141 Å². The number of rotatable bonds is 6. The highest BCUT2D eigenvalue weighted by Gasteiger charge is 2.22. The number of hydrogen-bond acceptors (Lipinski definition) is 4. The number of nitrogens with zero attached hydrogens (tertiary/aromatic N) is 1. The molecule has 130 valence electrons. The maximum Gasteiger partial charge on any atom is 0.318 e. The van der Waals surface area contributed by atoms with Crippen molar-refractivity contribution in [1.82, 2.24) is 15.5 Å². The normalized spacial score (nSPS) is 15.7. The summed E-state index contributed by atoms with van der Waals surface area (Å²) in [6.45, 7) is 1.56. The van der Waals surface area contributed by atoms with Gasteiger partial charge in [0, 0.05) is 25.6 Å². The Bertz CT molecular complexity index is 568. The molecular weight excluding hydrogens is 308 g/mol. The second-order valence-electron chi connectivity index (χ2n) is 6.02. The standard InChI is InChI=1S/C17H24N4O3/c18-17(24)20-16(23)12-21-10-8-14(9-11-21)19-15(22)7-6-13-4-2-1-3-5-13/h1-5,14H,6-12H2,(H,19,22)(H3,18,20,23,24). The smallest absolute Gasteiger partial charge is 0.318 e. The maximum atomic E-state index is 12.0. The molecule has 7 heteroatoms. The molecule has 1 fully saturated rings. The van der Waals surface area contributed by atoms with E-state index in [4.69, 9.17) is 5.73 Å². The first-order valence-electron chi connectivity index (χ1n) is 8.18. The van der Waals surface area contributed by atoms with E-state index in [1.165, 1.54) is 0 Å². The predicted molar refractivity (Wildman–Crippen MR) is 90.1 cm³/mol. The van der Waals surface area contributed by atoms with Gasteiger partial charge in [-0.3, -0.25) is 19.8 Å². The largest absolute Gasteiger partial charge is 0.353 e. The van der Waals surface area contributed by atoms with Crippen molar-refractivity contribution in [1.29, 1.82) is 0 Å². The quantitative estimate of drug-likeness (QED) is 0.701. The molecular formula is C17H24N4O3. The molecule has 1 aliphatic heterocycles. The van der Waals surface area contributed by atoms with Gasteiger partial charge in [-0.15, -0.1) is 0 Å². The van der Waals surface area contributed by atoms with Crippen LogP contribution < -0.4 is 16.4 Å². The number of nitrogens with two attached hydrogens (primary N) is 1. The summed E-state index contributed by atoms with van der Waals surface area (Å²) in [6, 6.07) is 9.24. The summed E-state index contributed by atoms with van der Waals surface area (Å²) < 4.78 is 0. The van der Waals surface area contributed by atoms with E-state index in [1.807, 2.05) is 35.2 Å². The molecule has 0 spiro atoms. The van der Waals surface area contributed by atoms with Gasteiger partial charge in [0.25, 0.3) is 0 Å². The summed E-state index contributed by atoms with van der Waals surface area (Å²) in [5.41, 5.74) is 6.06. The number of hydrogen-bond donors (Lipinski definition) is 3. The average molecular weight is 332 g/mol. The molecule has 0 bridgehead atoms. The van der Waals surface area contributed by atoms with Crippen molar-refractivity contribution >= 4 is 17.8 Å². The van der Waals surface area contributed by atoms with Crippen LogP contribution in [-0.2, 0) is 16.0 Å². The van der Waals surface area contributed by atoms with Crippen molar-refractivity contribution in [2.75, 3.05) is 19.6 Å². The monoisotopic (exact) mass is 332 g/mol. The van der Waals surface area contributed by atoms with E-state index < -0.39 is 11.9 Å². The van der Waals surface area contributed by atoms with Crippen molar-refractivity contribution < 1.29 is 14.4 Å². The van der Waals surface area contributed by atoms with Crippen LogP contribution in [0, 0.1) is 0 Å². The first-order chi connectivity index (χ1) is 11.5. The van der Waals surface area contributed by atoms with E-state index in [1.54, 1.807) is 0 Å². The third-order valence-corrected chi connectivity index (χ3v) is 4.07. The summed E-state index contributed by atoms with van der Waals surface area (Å²) in [4.78, 5) is 36.1. The zero-order chi connectivity index (χ0) is 17.4. The Morgan fingerprint density at radius 1 is 1.08 bits per heavy atom. The SMILES string of the molecule is NC(=O)NC(=O)CN1CCC(NC(=O)CCc2ccccc2)CC1. The first-order valence-corrected chi connectivity index (χ1v) is 8.18. The average Bonchev–Trinajstić information content (AvgIpc) is 2.55. The van der Waals surface area contributed by atoms with Gasteiger partial charge in [0.05, 0.1) is 6.54 Å². The lowest BCUT2D eigenvalue weighted by Crippen LogP contribution is -2.48. The molecule has 0 saturated carbocycles. The van der Waals surface area contributed by atoms with E-state index in [9.17, 15) is 14.4 Å². The van der Waals surface area contributed by atoms with Crippen molar-refractivity contribution in [3.8, 4) is 0 Å².